The Kier molecular flexibility index (Phi) is 8.07. The number of anilines is 1. The molecule has 124 valence electrons. The van der Waals surface area contributed by atoms with Crippen molar-refractivity contribution in [3.63, 3.8) is 0 Å². The van der Waals surface area contributed by atoms with Crippen molar-refractivity contribution in [2.24, 2.45) is 10.7 Å². The summed E-state index contributed by atoms with van der Waals surface area (Å²) in [6.45, 7) is 1.83. The molecule has 2 rings (SSSR count). The molecule has 9 heteroatoms. The molecule has 1 aromatic rings. The number of hydrogen-bond acceptors (Lipinski definition) is 4. The minimum absolute atomic E-state index is 0. The van der Waals surface area contributed by atoms with Crippen molar-refractivity contribution in [1.29, 1.82) is 0 Å². The van der Waals surface area contributed by atoms with Crippen LogP contribution in [-0.2, 0) is 14.8 Å². The van der Waals surface area contributed by atoms with Gasteiger partial charge in [-0.2, -0.15) is 4.31 Å². The number of sulfonamides is 1. The number of aliphatic imine (C=N–C) groups is 1. The lowest BCUT2D eigenvalue weighted by Gasteiger charge is -2.25. The van der Waals surface area contributed by atoms with E-state index in [0.29, 0.717) is 26.3 Å². The first-order valence-electron chi connectivity index (χ1n) is 6.75. The Balaban J connectivity index is 0.00000242. The van der Waals surface area contributed by atoms with Gasteiger partial charge in [-0.1, -0.05) is 18.2 Å². The first kappa shape index (κ1) is 19.1. The van der Waals surface area contributed by atoms with E-state index < -0.39 is 10.0 Å². The van der Waals surface area contributed by atoms with Crippen LogP contribution in [0.3, 0.4) is 0 Å². The molecule has 3 N–H and O–H groups in total. The average molecular weight is 440 g/mol. The van der Waals surface area contributed by atoms with Crippen LogP contribution in [0.5, 0.6) is 0 Å². The Hall–Kier alpha value is -0.910. The summed E-state index contributed by atoms with van der Waals surface area (Å²) in [6, 6.07) is 9.35. The standard InChI is InChI=1S/C13H20N4O3S.HI/c14-13(16-12-4-2-1-3-5-12)15-6-11-21(18,19)17-7-9-20-10-8-17;/h1-5H,6-11H2,(H3,14,15,16);1H. The second kappa shape index (κ2) is 9.28. The van der Waals surface area contributed by atoms with Gasteiger partial charge in [0.25, 0.3) is 0 Å². The Labute approximate surface area is 148 Å². The van der Waals surface area contributed by atoms with Crippen molar-refractivity contribution in [1.82, 2.24) is 4.31 Å². The Morgan fingerprint density at radius 1 is 1.27 bits per heavy atom. The van der Waals surface area contributed by atoms with Crippen LogP contribution in [-0.4, -0.2) is 57.3 Å². The minimum Gasteiger partial charge on any atom is -0.379 e. The van der Waals surface area contributed by atoms with Crippen LogP contribution in [0.2, 0.25) is 0 Å². The number of nitrogens with zero attached hydrogens (tertiary/aromatic N) is 2. The maximum atomic E-state index is 12.1. The summed E-state index contributed by atoms with van der Waals surface area (Å²) in [6.07, 6.45) is 0. The summed E-state index contributed by atoms with van der Waals surface area (Å²) >= 11 is 0. The molecule has 1 aliphatic heterocycles. The molecule has 0 aromatic heterocycles. The lowest BCUT2D eigenvalue weighted by molar-refractivity contribution is 0.0731. The van der Waals surface area contributed by atoms with Gasteiger partial charge >= 0.3 is 0 Å². The molecule has 0 saturated carbocycles. The zero-order valence-electron chi connectivity index (χ0n) is 12.1. The summed E-state index contributed by atoms with van der Waals surface area (Å²) < 4.78 is 30.7. The number of morpholine rings is 1. The number of rotatable bonds is 5. The minimum atomic E-state index is -3.29. The zero-order valence-corrected chi connectivity index (χ0v) is 15.3. The molecule has 7 nitrogen and oxygen atoms in total. The monoisotopic (exact) mass is 440 g/mol. The molecule has 0 spiro atoms. The molecular formula is C13H21IN4O3S. The molecule has 0 amide bonds. The highest BCUT2D eigenvalue weighted by Crippen LogP contribution is 2.06. The van der Waals surface area contributed by atoms with Crippen molar-refractivity contribution in [2.45, 2.75) is 0 Å². The molecule has 22 heavy (non-hydrogen) atoms. The van der Waals surface area contributed by atoms with Crippen molar-refractivity contribution in [3.05, 3.63) is 30.3 Å². The van der Waals surface area contributed by atoms with E-state index in [9.17, 15) is 8.42 Å². The van der Waals surface area contributed by atoms with Gasteiger partial charge in [0.2, 0.25) is 10.0 Å². The third kappa shape index (κ3) is 6.07. The molecule has 0 bridgehead atoms. The van der Waals surface area contributed by atoms with E-state index in [0.717, 1.165) is 5.69 Å². The third-order valence-electron chi connectivity index (χ3n) is 3.04. The van der Waals surface area contributed by atoms with Gasteiger partial charge in [-0.15, -0.1) is 24.0 Å². The smallest absolute Gasteiger partial charge is 0.216 e. The van der Waals surface area contributed by atoms with Gasteiger partial charge in [-0.05, 0) is 12.1 Å². The molecule has 0 aliphatic carbocycles. The molecular weight excluding hydrogens is 419 g/mol. The van der Waals surface area contributed by atoms with Crippen LogP contribution in [0.1, 0.15) is 0 Å². The SMILES string of the molecule is I.NC(=NCCS(=O)(=O)N1CCOCC1)Nc1ccccc1. The first-order chi connectivity index (χ1) is 10.1. The molecule has 1 heterocycles. The van der Waals surface area contributed by atoms with E-state index in [-0.39, 0.29) is 42.2 Å². The van der Waals surface area contributed by atoms with E-state index >= 15 is 0 Å². The van der Waals surface area contributed by atoms with Crippen molar-refractivity contribution < 1.29 is 13.2 Å². The summed E-state index contributed by atoms with van der Waals surface area (Å²) in [4.78, 5) is 4.05. The molecule has 0 atom stereocenters. The van der Waals surface area contributed by atoms with Crippen LogP contribution in [0.4, 0.5) is 5.69 Å². The molecule has 1 aliphatic rings. The van der Waals surface area contributed by atoms with Crippen molar-refractivity contribution in [3.8, 4) is 0 Å². The second-order valence-electron chi connectivity index (χ2n) is 4.59. The van der Waals surface area contributed by atoms with Crippen LogP contribution in [0, 0.1) is 0 Å². The topological polar surface area (TPSA) is 97.0 Å². The highest BCUT2D eigenvalue weighted by molar-refractivity contribution is 14.0. The van der Waals surface area contributed by atoms with Gasteiger partial charge < -0.3 is 15.8 Å². The second-order valence-corrected chi connectivity index (χ2v) is 6.67. The Morgan fingerprint density at radius 2 is 1.91 bits per heavy atom. The predicted octanol–water partition coefficient (Wildman–Crippen LogP) is 0.693. The third-order valence-corrected chi connectivity index (χ3v) is 4.89. The summed E-state index contributed by atoms with van der Waals surface area (Å²) in [5.74, 6) is 0.155. The molecule has 0 unspecified atom stereocenters. The summed E-state index contributed by atoms with van der Waals surface area (Å²) in [5.41, 5.74) is 6.54. The molecule has 1 saturated heterocycles. The van der Waals surface area contributed by atoms with Crippen LogP contribution in [0.15, 0.2) is 35.3 Å². The Bertz CT molecular complexity index is 574. The Morgan fingerprint density at radius 3 is 2.55 bits per heavy atom. The fourth-order valence-corrected chi connectivity index (χ4v) is 3.23. The van der Waals surface area contributed by atoms with Crippen LogP contribution >= 0.6 is 24.0 Å². The number of guanidine groups is 1. The quantitative estimate of drug-likeness (QED) is 0.399. The fraction of sp³-hybridized carbons (Fsp3) is 0.462. The molecule has 1 fully saturated rings. The van der Waals surface area contributed by atoms with Gasteiger partial charge in [0.1, 0.15) is 0 Å². The van der Waals surface area contributed by atoms with Gasteiger partial charge in [0.15, 0.2) is 5.96 Å². The number of benzene rings is 1. The van der Waals surface area contributed by atoms with Crippen LogP contribution < -0.4 is 11.1 Å². The molecule has 1 aromatic carbocycles. The number of nitrogens with two attached hydrogens (primary N) is 1. The van der Waals surface area contributed by atoms with Crippen LogP contribution in [0.25, 0.3) is 0 Å². The van der Waals surface area contributed by atoms with Gasteiger partial charge in [0, 0.05) is 18.8 Å². The average Bonchev–Trinajstić information content (AvgIpc) is 2.49. The van der Waals surface area contributed by atoms with Crippen molar-refractivity contribution >= 4 is 45.6 Å². The van der Waals surface area contributed by atoms with E-state index in [1.807, 2.05) is 30.3 Å². The lowest BCUT2D eigenvalue weighted by Crippen LogP contribution is -2.42. The maximum absolute atomic E-state index is 12.1. The number of hydrogen-bond donors (Lipinski definition) is 2. The first-order valence-corrected chi connectivity index (χ1v) is 8.36. The normalized spacial score (nSPS) is 16.8. The predicted molar refractivity (Wildman–Crippen MR) is 98.1 cm³/mol. The van der Waals surface area contributed by atoms with E-state index in [1.165, 1.54) is 4.31 Å². The van der Waals surface area contributed by atoms with Gasteiger partial charge in [-0.3, -0.25) is 4.99 Å². The zero-order chi connectivity index (χ0) is 15.1. The molecule has 0 radical (unpaired) electrons. The maximum Gasteiger partial charge on any atom is 0.216 e. The van der Waals surface area contributed by atoms with Gasteiger partial charge in [-0.25, -0.2) is 8.42 Å². The highest BCUT2D eigenvalue weighted by Gasteiger charge is 2.23. The van der Waals surface area contributed by atoms with E-state index in [2.05, 4.69) is 10.3 Å². The fourth-order valence-electron chi connectivity index (χ4n) is 1.94. The van der Waals surface area contributed by atoms with Crippen molar-refractivity contribution in [2.75, 3.05) is 43.9 Å². The largest absolute Gasteiger partial charge is 0.379 e. The number of halogens is 1. The number of ether oxygens (including phenoxy) is 1. The summed E-state index contributed by atoms with van der Waals surface area (Å²) in [7, 11) is -3.29. The van der Waals surface area contributed by atoms with E-state index in [1.54, 1.807) is 0 Å². The lowest BCUT2D eigenvalue weighted by atomic mass is 10.3. The number of para-hydroxylation sites is 1. The highest BCUT2D eigenvalue weighted by atomic mass is 127. The summed E-state index contributed by atoms with van der Waals surface area (Å²) in [5, 5.41) is 2.91. The van der Waals surface area contributed by atoms with E-state index in [4.69, 9.17) is 10.5 Å². The number of nitrogens with one attached hydrogen (secondary N) is 1. The van der Waals surface area contributed by atoms with Gasteiger partial charge in [0.05, 0.1) is 25.5 Å².